The fraction of sp³-hybridized carbons (Fsp3) is 0.158. The van der Waals surface area contributed by atoms with Gasteiger partial charge in [-0.3, -0.25) is 9.78 Å². The monoisotopic (exact) mass is 400 g/mol. The van der Waals surface area contributed by atoms with Crippen molar-refractivity contribution in [2.75, 3.05) is 31.4 Å². The molecule has 0 radical (unpaired) electrons. The van der Waals surface area contributed by atoms with Crippen molar-refractivity contribution in [2.24, 2.45) is 0 Å². The molecule has 3 rings (SSSR count). The molecule has 0 unspecified atom stereocenters. The van der Waals surface area contributed by atoms with E-state index in [9.17, 15) is 9.18 Å². The summed E-state index contributed by atoms with van der Waals surface area (Å²) >= 11 is 5.99. The molecule has 1 aromatic carbocycles. The van der Waals surface area contributed by atoms with Gasteiger partial charge in [-0.25, -0.2) is 14.4 Å². The smallest absolute Gasteiger partial charge is 0.254 e. The Labute approximate surface area is 166 Å². The highest BCUT2D eigenvalue weighted by Gasteiger charge is 2.17. The average Bonchev–Trinajstić information content (AvgIpc) is 2.69. The maximum absolute atomic E-state index is 14.3. The Morgan fingerprint density at radius 3 is 2.71 bits per heavy atom. The van der Waals surface area contributed by atoms with Crippen molar-refractivity contribution in [3.63, 3.8) is 0 Å². The SMILES string of the molecule is CNC(=O)c1cnccc1Nc1nc(-c2cc(Cl)ccc2F)ncc1N(C)C. The molecular weight excluding hydrogens is 383 g/mol. The van der Waals surface area contributed by atoms with Crippen molar-refractivity contribution in [1.29, 1.82) is 0 Å². The molecule has 9 heteroatoms. The van der Waals surface area contributed by atoms with Crippen LogP contribution in [-0.2, 0) is 0 Å². The molecule has 0 aliphatic carbocycles. The van der Waals surface area contributed by atoms with Crippen LogP contribution in [0.25, 0.3) is 11.4 Å². The normalized spacial score (nSPS) is 10.5. The van der Waals surface area contributed by atoms with Gasteiger partial charge in [0.1, 0.15) is 5.82 Å². The zero-order valence-electron chi connectivity index (χ0n) is 15.5. The van der Waals surface area contributed by atoms with Crippen LogP contribution in [0.3, 0.4) is 0 Å². The van der Waals surface area contributed by atoms with E-state index < -0.39 is 5.82 Å². The van der Waals surface area contributed by atoms with Gasteiger partial charge in [0, 0.05) is 38.6 Å². The zero-order chi connectivity index (χ0) is 20.3. The van der Waals surface area contributed by atoms with Crippen molar-refractivity contribution in [3.05, 3.63) is 59.3 Å². The molecular formula is C19H18ClFN6O. The lowest BCUT2D eigenvalue weighted by molar-refractivity contribution is 0.0963. The Hall–Kier alpha value is -3.26. The molecule has 2 aromatic heterocycles. The van der Waals surface area contributed by atoms with Crippen molar-refractivity contribution in [3.8, 4) is 11.4 Å². The van der Waals surface area contributed by atoms with Crippen LogP contribution in [0.1, 0.15) is 10.4 Å². The van der Waals surface area contributed by atoms with Gasteiger partial charge in [-0.15, -0.1) is 0 Å². The van der Waals surface area contributed by atoms with E-state index in [1.807, 2.05) is 14.1 Å². The quantitative estimate of drug-likeness (QED) is 0.682. The second kappa shape index (κ2) is 8.18. The molecule has 2 N–H and O–H groups in total. The van der Waals surface area contributed by atoms with E-state index in [2.05, 4.69) is 25.6 Å². The molecule has 0 saturated heterocycles. The van der Waals surface area contributed by atoms with Gasteiger partial charge in [0.25, 0.3) is 5.91 Å². The number of nitrogens with one attached hydrogen (secondary N) is 2. The summed E-state index contributed by atoms with van der Waals surface area (Å²) in [7, 11) is 5.19. The molecule has 2 heterocycles. The fourth-order valence-corrected chi connectivity index (χ4v) is 2.71. The molecule has 28 heavy (non-hydrogen) atoms. The van der Waals surface area contributed by atoms with E-state index in [-0.39, 0.29) is 17.3 Å². The predicted molar refractivity (Wildman–Crippen MR) is 108 cm³/mol. The standard InChI is InChI=1S/C19H18ClFN6O/c1-22-19(28)13-9-23-7-6-15(13)25-18-16(27(2)3)10-24-17(26-18)12-8-11(20)4-5-14(12)21/h4-10H,1-3H3,(H,22,28)(H,23,24,25,26). The van der Waals surface area contributed by atoms with Crippen LogP contribution in [0.2, 0.25) is 5.02 Å². The van der Waals surface area contributed by atoms with Crippen LogP contribution in [0, 0.1) is 5.82 Å². The molecule has 1 amide bonds. The van der Waals surface area contributed by atoms with E-state index in [0.717, 1.165) is 0 Å². The van der Waals surface area contributed by atoms with E-state index in [1.54, 1.807) is 23.4 Å². The highest BCUT2D eigenvalue weighted by molar-refractivity contribution is 6.30. The lowest BCUT2D eigenvalue weighted by Crippen LogP contribution is -2.20. The number of halogens is 2. The number of amides is 1. The van der Waals surface area contributed by atoms with Crippen molar-refractivity contribution < 1.29 is 9.18 Å². The lowest BCUT2D eigenvalue weighted by atomic mass is 10.2. The van der Waals surface area contributed by atoms with E-state index in [0.29, 0.717) is 27.8 Å². The second-order valence-electron chi connectivity index (χ2n) is 6.07. The number of pyridine rings is 1. The maximum atomic E-state index is 14.3. The van der Waals surface area contributed by atoms with E-state index in [1.165, 1.54) is 31.4 Å². The molecule has 144 valence electrons. The Morgan fingerprint density at radius 2 is 2.00 bits per heavy atom. The number of hydrogen-bond donors (Lipinski definition) is 2. The number of anilines is 3. The number of aromatic nitrogens is 3. The van der Waals surface area contributed by atoms with Crippen LogP contribution in [0.4, 0.5) is 21.6 Å². The number of benzene rings is 1. The van der Waals surface area contributed by atoms with Crippen LogP contribution in [0.5, 0.6) is 0 Å². The first-order valence-electron chi connectivity index (χ1n) is 8.33. The van der Waals surface area contributed by atoms with Crippen molar-refractivity contribution in [2.45, 2.75) is 0 Å². The van der Waals surface area contributed by atoms with E-state index >= 15 is 0 Å². The van der Waals surface area contributed by atoms with Gasteiger partial charge in [0.2, 0.25) is 0 Å². The molecule has 0 aliphatic rings. The van der Waals surface area contributed by atoms with Crippen LogP contribution < -0.4 is 15.5 Å². The second-order valence-corrected chi connectivity index (χ2v) is 6.51. The van der Waals surface area contributed by atoms with E-state index in [4.69, 9.17) is 11.6 Å². The number of nitrogens with zero attached hydrogens (tertiary/aromatic N) is 4. The van der Waals surface area contributed by atoms with Gasteiger partial charge >= 0.3 is 0 Å². The Balaban J connectivity index is 2.10. The first-order chi connectivity index (χ1) is 13.4. The summed E-state index contributed by atoms with van der Waals surface area (Å²) in [4.78, 5) is 26.7. The number of hydrogen-bond acceptors (Lipinski definition) is 6. The highest BCUT2D eigenvalue weighted by Crippen LogP contribution is 2.30. The Morgan fingerprint density at radius 1 is 1.21 bits per heavy atom. The topological polar surface area (TPSA) is 83.0 Å². The summed E-state index contributed by atoms with van der Waals surface area (Å²) in [6.45, 7) is 0. The minimum atomic E-state index is -0.483. The molecule has 0 bridgehead atoms. The zero-order valence-corrected chi connectivity index (χ0v) is 16.3. The van der Waals surface area contributed by atoms with Gasteiger partial charge in [-0.1, -0.05) is 11.6 Å². The minimum absolute atomic E-state index is 0.170. The largest absolute Gasteiger partial charge is 0.373 e. The highest BCUT2D eigenvalue weighted by atomic mass is 35.5. The molecule has 3 aromatic rings. The summed E-state index contributed by atoms with van der Waals surface area (Å²) in [6, 6.07) is 5.85. The lowest BCUT2D eigenvalue weighted by Gasteiger charge is -2.19. The van der Waals surface area contributed by atoms with Gasteiger partial charge in [0.15, 0.2) is 11.6 Å². The molecule has 7 nitrogen and oxygen atoms in total. The van der Waals surface area contributed by atoms with Crippen molar-refractivity contribution >= 4 is 34.7 Å². The fourth-order valence-electron chi connectivity index (χ4n) is 2.54. The molecule has 0 aliphatic heterocycles. The van der Waals surface area contributed by atoms with Crippen LogP contribution in [-0.4, -0.2) is 42.0 Å². The number of carbonyl (C=O) groups is 1. The third kappa shape index (κ3) is 4.01. The molecule has 0 saturated carbocycles. The average molecular weight is 401 g/mol. The van der Waals surface area contributed by atoms with Crippen LogP contribution >= 0.6 is 11.6 Å². The summed E-state index contributed by atoms with van der Waals surface area (Å²) in [5.41, 5.74) is 1.70. The summed E-state index contributed by atoms with van der Waals surface area (Å²) in [5, 5.41) is 6.08. The van der Waals surface area contributed by atoms with Gasteiger partial charge < -0.3 is 15.5 Å². The summed E-state index contributed by atoms with van der Waals surface area (Å²) in [5.74, 6) is -0.200. The molecule has 0 spiro atoms. The van der Waals surface area contributed by atoms with Gasteiger partial charge in [-0.05, 0) is 24.3 Å². The summed E-state index contributed by atoms with van der Waals surface area (Å²) in [6.07, 6.45) is 4.59. The van der Waals surface area contributed by atoms with Gasteiger partial charge in [0.05, 0.1) is 28.7 Å². The first-order valence-corrected chi connectivity index (χ1v) is 8.71. The number of rotatable bonds is 5. The minimum Gasteiger partial charge on any atom is -0.373 e. The van der Waals surface area contributed by atoms with Crippen LogP contribution in [0.15, 0.2) is 42.9 Å². The first kappa shape index (κ1) is 19.5. The third-order valence-electron chi connectivity index (χ3n) is 3.97. The number of carbonyl (C=O) groups excluding carboxylic acids is 1. The predicted octanol–water partition coefficient (Wildman–Crippen LogP) is 3.50. The molecule has 0 fully saturated rings. The molecule has 0 atom stereocenters. The Kier molecular flexibility index (Phi) is 5.70. The van der Waals surface area contributed by atoms with Gasteiger partial charge in [-0.2, -0.15) is 0 Å². The maximum Gasteiger partial charge on any atom is 0.254 e. The third-order valence-corrected chi connectivity index (χ3v) is 4.20. The summed E-state index contributed by atoms with van der Waals surface area (Å²) < 4.78 is 14.3. The van der Waals surface area contributed by atoms with Crippen molar-refractivity contribution in [1.82, 2.24) is 20.3 Å². The Bertz CT molecular complexity index is 1030.